The third-order valence-corrected chi connectivity index (χ3v) is 10.5. The Hall–Kier alpha value is -4.11. The molecule has 0 unspecified atom stereocenters. The van der Waals surface area contributed by atoms with Crippen molar-refractivity contribution in [3.8, 4) is 26.9 Å². The van der Waals surface area contributed by atoms with Gasteiger partial charge < -0.3 is 15.0 Å². The monoisotopic (exact) mass is 698 g/mol. The van der Waals surface area contributed by atoms with Crippen molar-refractivity contribution >= 4 is 38.4 Å². The lowest BCUT2D eigenvalue weighted by Gasteiger charge is -2.22. The van der Waals surface area contributed by atoms with Crippen LogP contribution in [0.1, 0.15) is 39.5 Å². The van der Waals surface area contributed by atoms with Crippen LogP contribution in [0.5, 0.6) is 5.75 Å². The SMILES string of the molecule is C[C@H](Oc1ccc(S(C)(=O)=O)cc1C(=O)N1Cc2ccc(-c3nccs3)cc2C1)C(F)(F)F.c1csc(-c2ccc3c(c2)CNC3)n1. The summed E-state index contributed by atoms with van der Waals surface area (Å²) in [5, 5.41) is 9.16. The Kier molecular flexibility index (Phi) is 9.20. The van der Waals surface area contributed by atoms with E-state index in [1.54, 1.807) is 17.5 Å². The Morgan fingerprint density at radius 1 is 0.872 bits per heavy atom. The van der Waals surface area contributed by atoms with Crippen LogP contribution in [0.2, 0.25) is 0 Å². The zero-order chi connectivity index (χ0) is 33.3. The van der Waals surface area contributed by atoms with Gasteiger partial charge >= 0.3 is 6.18 Å². The van der Waals surface area contributed by atoms with E-state index in [0.29, 0.717) is 0 Å². The minimum absolute atomic E-state index is 0.180. The number of alkyl halides is 3. The molecule has 2 aliphatic heterocycles. The standard InChI is InChI=1S/C22H19F3N2O4S2.C11H10N2S/c1-13(22(23,24)25)31-19-6-5-17(33(2,29)30)10-18(19)21(28)27-11-15-4-3-14(9-16(15)12-27)20-26-7-8-32-20;1-2-9-6-12-7-10(9)5-8(1)11-13-3-4-14-11/h3-10,13H,11-12H2,1-2H3;1-5,12H,6-7H2/t13-;/m0./s1. The number of halogens is 3. The Morgan fingerprint density at radius 3 is 2.06 bits per heavy atom. The lowest BCUT2D eigenvalue weighted by molar-refractivity contribution is -0.189. The van der Waals surface area contributed by atoms with Crippen LogP contribution < -0.4 is 10.1 Å². The molecule has 0 saturated carbocycles. The van der Waals surface area contributed by atoms with Gasteiger partial charge in [0.15, 0.2) is 15.9 Å². The smallest absolute Gasteiger partial charge is 0.425 e. The van der Waals surface area contributed by atoms with Gasteiger partial charge in [-0.25, -0.2) is 18.4 Å². The molecule has 0 bridgehead atoms. The number of nitrogens with zero attached hydrogens (tertiary/aromatic N) is 3. The summed E-state index contributed by atoms with van der Waals surface area (Å²) >= 11 is 3.17. The van der Waals surface area contributed by atoms with E-state index in [-0.39, 0.29) is 29.3 Å². The largest absolute Gasteiger partial charge is 0.480 e. The highest BCUT2D eigenvalue weighted by atomic mass is 32.2. The predicted octanol–water partition coefficient (Wildman–Crippen LogP) is 7.11. The van der Waals surface area contributed by atoms with Gasteiger partial charge in [0, 0.05) is 66.7 Å². The number of hydrogen-bond acceptors (Lipinski definition) is 9. The summed E-state index contributed by atoms with van der Waals surface area (Å²) in [7, 11) is -3.69. The van der Waals surface area contributed by atoms with Gasteiger partial charge in [0.25, 0.3) is 5.91 Å². The van der Waals surface area contributed by atoms with Crippen LogP contribution in [0.25, 0.3) is 21.1 Å². The molecule has 0 aliphatic carbocycles. The van der Waals surface area contributed by atoms with Crippen molar-refractivity contribution in [3.63, 3.8) is 0 Å². The lowest BCUT2D eigenvalue weighted by Crippen LogP contribution is -2.32. The summed E-state index contributed by atoms with van der Waals surface area (Å²) in [6.45, 7) is 3.29. The van der Waals surface area contributed by atoms with Crippen molar-refractivity contribution in [2.24, 2.45) is 0 Å². The van der Waals surface area contributed by atoms with E-state index in [9.17, 15) is 26.4 Å². The van der Waals surface area contributed by atoms with Gasteiger partial charge in [0.2, 0.25) is 0 Å². The average Bonchev–Trinajstić information content (AvgIpc) is 3.86. The highest BCUT2D eigenvalue weighted by Crippen LogP contribution is 2.34. The molecule has 47 heavy (non-hydrogen) atoms. The maximum atomic E-state index is 13.3. The minimum atomic E-state index is -4.65. The number of hydrogen-bond donors (Lipinski definition) is 1. The van der Waals surface area contributed by atoms with Crippen molar-refractivity contribution in [2.75, 3.05) is 6.26 Å². The molecule has 1 N–H and O–H groups in total. The molecule has 7 rings (SSSR count). The van der Waals surface area contributed by atoms with E-state index < -0.39 is 28.0 Å². The number of carbonyl (C=O) groups excluding carboxylic acids is 1. The molecule has 2 aromatic heterocycles. The second-order valence-electron chi connectivity index (χ2n) is 11.1. The van der Waals surface area contributed by atoms with Crippen molar-refractivity contribution < 1.29 is 31.1 Å². The van der Waals surface area contributed by atoms with Gasteiger partial charge in [-0.3, -0.25) is 4.79 Å². The zero-order valence-electron chi connectivity index (χ0n) is 25.2. The number of rotatable bonds is 6. The molecule has 5 aromatic rings. The van der Waals surface area contributed by atoms with Gasteiger partial charge in [-0.1, -0.05) is 24.3 Å². The number of fused-ring (bicyclic) bond motifs is 2. The van der Waals surface area contributed by atoms with E-state index in [1.807, 2.05) is 35.2 Å². The first-order chi connectivity index (χ1) is 22.4. The summed E-state index contributed by atoms with van der Waals surface area (Å²) in [5.41, 5.74) is 6.53. The second kappa shape index (κ2) is 13.2. The van der Waals surface area contributed by atoms with Gasteiger partial charge in [-0.15, -0.1) is 22.7 Å². The Morgan fingerprint density at radius 2 is 1.47 bits per heavy atom. The van der Waals surface area contributed by atoms with Crippen LogP contribution >= 0.6 is 22.7 Å². The van der Waals surface area contributed by atoms with Gasteiger partial charge in [-0.2, -0.15) is 13.2 Å². The summed E-state index contributed by atoms with van der Waals surface area (Å²) in [6, 6.07) is 15.6. The van der Waals surface area contributed by atoms with E-state index in [4.69, 9.17) is 4.74 Å². The van der Waals surface area contributed by atoms with Crippen LogP contribution in [0, 0.1) is 0 Å². The first-order valence-corrected chi connectivity index (χ1v) is 18.1. The van der Waals surface area contributed by atoms with Gasteiger partial charge in [0.1, 0.15) is 15.8 Å². The van der Waals surface area contributed by atoms with Crippen LogP contribution in [0.15, 0.2) is 82.6 Å². The summed E-state index contributed by atoms with van der Waals surface area (Å²) in [6.07, 6.45) is -2.32. The molecule has 0 fully saturated rings. The number of carbonyl (C=O) groups is 1. The molecular formula is C33H29F3N4O4S3. The third-order valence-electron chi connectivity index (χ3n) is 7.79. The molecular weight excluding hydrogens is 670 g/mol. The first-order valence-electron chi connectivity index (χ1n) is 14.5. The van der Waals surface area contributed by atoms with Crippen molar-refractivity contribution in [1.29, 1.82) is 0 Å². The molecule has 244 valence electrons. The topological polar surface area (TPSA) is 101 Å². The zero-order valence-corrected chi connectivity index (χ0v) is 27.7. The molecule has 0 saturated heterocycles. The van der Waals surface area contributed by atoms with Crippen LogP contribution in [0.4, 0.5) is 13.2 Å². The van der Waals surface area contributed by atoms with Gasteiger partial charge in [-0.05, 0) is 59.5 Å². The molecule has 1 amide bonds. The molecule has 0 radical (unpaired) electrons. The van der Waals surface area contributed by atoms with E-state index in [2.05, 4.69) is 33.5 Å². The molecule has 14 heteroatoms. The number of ether oxygens (including phenoxy) is 1. The fourth-order valence-electron chi connectivity index (χ4n) is 5.27. The van der Waals surface area contributed by atoms with Crippen LogP contribution in [-0.2, 0) is 36.0 Å². The number of sulfone groups is 1. The molecule has 8 nitrogen and oxygen atoms in total. The van der Waals surface area contributed by atoms with Crippen LogP contribution in [0.3, 0.4) is 0 Å². The first kappa shape index (κ1) is 32.8. The summed E-state index contributed by atoms with van der Waals surface area (Å²) < 4.78 is 68.2. The average molecular weight is 699 g/mol. The second-order valence-corrected chi connectivity index (χ2v) is 14.9. The molecule has 3 aromatic carbocycles. The number of aromatic nitrogens is 2. The summed E-state index contributed by atoms with van der Waals surface area (Å²) in [5.74, 6) is -0.937. The Labute approximate surface area is 277 Å². The highest BCUT2D eigenvalue weighted by Gasteiger charge is 2.39. The number of benzene rings is 3. The molecule has 1 atom stereocenters. The fraction of sp³-hybridized carbons (Fsp3) is 0.242. The third kappa shape index (κ3) is 7.40. The summed E-state index contributed by atoms with van der Waals surface area (Å²) in [4.78, 5) is 23.2. The van der Waals surface area contributed by atoms with E-state index in [0.717, 1.165) is 71.2 Å². The predicted molar refractivity (Wildman–Crippen MR) is 175 cm³/mol. The molecule has 2 aliphatic rings. The maximum absolute atomic E-state index is 13.3. The maximum Gasteiger partial charge on any atom is 0.425 e. The van der Waals surface area contributed by atoms with Crippen molar-refractivity contribution in [1.82, 2.24) is 20.2 Å². The minimum Gasteiger partial charge on any atom is -0.480 e. The molecule has 0 spiro atoms. The van der Waals surface area contributed by atoms with Crippen molar-refractivity contribution in [2.45, 2.75) is 50.3 Å². The fourth-order valence-corrected chi connectivity index (χ4v) is 7.19. The molecule has 4 heterocycles. The highest BCUT2D eigenvalue weighted by molar-refractivity contribution is 7.90. The normalized spacial score (nSPS) is 14.6. The Bertz CT molecular complexity index is 2020. The lowest BCUT2D eigenvalue weighted by atomic mass is 10.1. The number of amides is 1. The quantitative estimate of drug-likeness (QED) is 0.202. The van der Waals surface area contributed by atoms with Crippen molar-refractivity contribution in [3.05, 3.63) is 106 Å². The van der Waals surface area contributed by atoms with Gasteiger partial charge in [0.05, 0.1) is 10.5 Å². The van der Waals surface area contributed by atoms with E-state index in [1.165, 1.54) is 32.9 Å². The van der Waals surface area contributed by atoms with E-state index >= 15 is 0 Å². The Balaban J connectivity index is 0.000000227. The number of thiazole rings is 2. The van der Waals surface area contributed by atoms with Crippen LogP contribution in [-0.4, -0.2) is 47.7 Å². The number of nitrogens with one attached hydrogen (secondary N) is 1.